The van der Waals surface area contributed by atoms with Gasteiger partial charge in [0.05, 0.1) is 6.04 Å². The third kappa shape index (κ3) is 5.26. The molecule has 0 bridgehead atoms. The highest BCUT2D eigenvalue weighted by Crippen LogP contribution is 2.18. The fraction of sp³-hybridized carbons (Fsp3) is 0.238. The molecule has 0 radical (unpaired) electrons. The summed E-state index contributed by atoms with van der Waals surface area (Å²) in [5, 5.41) is 9.63. The van der Waals surface area contributed by atoms with Crippen LogP contribution >= 0.6 is 0 Å². The van der Waals surface area contributed by atoms with Gasteiger partial charge in [0.15, 0.2) is 0 Å². The van der Waals surface area contributed by atoms with Gasteiger partial charge in [0.25, 0.3) is 0 Å². The number of nitrogens with one attached hydrogen (secondary N) is 2. The number of hydrogen-bond donors (Lipinski definition) is 2. The predicted octanol–water partition coefficient (Wildman–Crippen LogP) is 3.51. The maximum atomic E-state index is 12.3. The lowest BCUT2D eigenvalue weighted by Crippen LogP contribution is -2.26. The number of amides is 2. The minimum absolute atomic E-state index is 0.114. The molecule has 1 heterocycles. The molecule has 0 spiro atoms. The molecule has 28 heavy (non-hydrogen) atoms. The summed E-state index contributed by atoms with van der Waals surface area (Å²) >= 11 is 0. The lowest BCUT2D eigenvalue weighted by Gasteiger charge is -2.15. The van der Waals surface area contributed by atoms with E-state index in [1.807, 2.05) is 55.5 Å². The molecule has 2 aromatic carbocycles. The predicted molar refractivity (Wildman–Crippen MR) is 105 cm³/mol. The average Bonchev–Trinajstić information content (AvgIpc) is 3.16. The lowest BCUT2D eigenvalue weighted by atomic mass is 10.1. The highest BCUT2D eigenvalue weighted by atomic mass is 16.5. The fourth-order valence-corrected chi connectivity index (χ4v) is 2.77. The molecule has 0 aliphatic rings. The van der Waals surface area contributed by atoms with Gasteiger partial charge >= 0.3 is 0 Å². The monoisotopic (exact) mass is 378 g/mol. The number of carbonyl (C=O) groups excluding carboxylic acids is 2. The van der Waals surface area contributed by atoms with Gasteiger partial charge in [0, 0.05) is 31.0 Å². The van der Waals surface area contributed by atoms with Crippen LogP contribution in [0.3, 0.4) is 0 Å². The van der Waals surface area contributed by atoms with Crippen molar-refractivity contribution in [2.75, 3.05) is 5.32 Å². The first-order valence-electron chi connectivity index (χ1n) is 9.06. The summed E-state index contributed by atoms with van der Waals surface area (Å²) in [5.41, 5.74) is 2.48. The van der Waals surface area contributed by atoms with Crippen LogP contribution in [0.2, 0.25) is 0 Å². The molecule has 0 saturated carbocycles. The second-order valence-electron chi connectivity index (χ2n) is 6.47. The molecule has 0 aliphatic carbocycles. The quantitative estimate of drug-likeness (QED) is 0.656. The molecule has 1 unspecified atom stereocenters. The van der Waals surface area contributed by atoms with Gasteiger partial charge in [0.2, 0.25) is 23.5 Å². The van der Waals surface area contributed by atoms with Crippen molar-refractivity contribution in [1.29, 1.82) is 0 Å². The highest BCUT2D eigenvalue weighted by molar-refractivity contribution is 5.88. The van der Waals surface area contributed by atoms with Crippen LogP contribution in [0.4, 0.5) is 5.69 Å². The Morgan fingerprint density at radius 1 is 1.11 bits per heavy atom. The van der Waals surface area contributed by atoms with E-state index in [1.54, 1.807) is 6.07 Å². The SMILES string of the molecule is CC(=O)Nc1cccc(C(C)NC(=O)CCc2nc(-c3ccccc3)no2)c1. The number of hydrogen-bond acceptors (Lipinski definition) is 5. The molecule has 0 saturated heterocycles. The van der Waals surface area contributed by atoms with Crippen LogP contribution in [0.25, 0.3) is 11.4 Å². The van der Waals surface area contributed by atoms with Crippen molar-refractivity contribution in [3.05, 3.63) is 66.1 Å². The molecular weight excluding hydrogens is 356 g/mol. The van der Waals surface area contributed by atoms with E-state index in [0.29, 0.717) is 23.8 Å². The minimum atomic E-state index is -0.191. The van der Waals surface area contributed by atoms with Gasteiger partial charge < -0.3 is 15.2 Å². The zero-order valence-corrected chi connectivity index (χ0v) is 15.8. The first kappa shape index (κ1) is 19.3. The Morgan fingerprint density at radius 3 is 2.64 bits per heavy atom. The van der Waals surface area contributed by atoms with Crippen LogP contribution in [-0.2, 0) is 16.0 Å². The molecule has 1 aromatic heterocycles. The number of carbonyl (C=O) groups is 2. The zero-order chi connectivity index (χ0) is 19.9. The fourth-order valence-electron chi connectivity index (χ4n) is 2.77. The number of aryl methyl sites for hydroxylation is 1. The maximum absolute atomic E-state index is 12.3. The molecule has 7 heteroatoms. The van der Waals surface area contributed by atoms with Gasteiger partial charge in [-0.05, 0) is 24.6 Å². The zero-order valence-electron chi connectivity index (χ0n) is 15.8. The Kier molecular flexibility index (Phi) is 6.16. The van der Waals surface area contributed by atoms with Gasteiger partial charge in [-0.2, -0.15) is 4.98 Å². The largest absolute Gasteiger partial charge is 0.350 e. The molecule has 1 atom stereocenters. The van der Waals surface area contributed by atoms with Crippen molar-refractivity contribution in [2.24, 2.45) is 0 Å². The van der Waals surface area contributed by atoms with Crippen molar-refractivity contribution in [2.45, 2.75) is 32.7 Å². The molecule has 7 nitrogen and oxygen atoms in total. The maximum Gasteiger partial charge on any atom is 0.227 e. The average molecular weight is 378 g/mol. The number of benzene rings is 2. The first-order chi connectivity index (χ1) is 13.5. The van der Waals surface area contributed by atoms with Crippen LogP contribution in [0.15, 0.2) is 59.1 Å². The van der Waals surface area contributed by atoms with Gasteiger partial charge in [0.1, 0.15) is 0 Å². The summed E-state index contributed by atoms with van der Waals surface area (Å²) in [7, 11) is 0. The van der Waals surface area contributed by atoms with Crippen LogP contribution in [-0.4, -0.2) is 22.0 Å². The second-order valence-corrected chi connectivity index (χ2v) is 6.47. The van der Waals surface area contributed by atoms with Gasteiger partial charge in [-0.15, -0.1) is 0 Å². The van der Waals surface area contributed by atoms with E-state index in [0.717, 1.165) is 11.1 Å². The smallest absolute Gasteiger partial charge is 0.227 e. The molecule has 3 aromatic rings. The van der Waals surface area contributed by atoms with E-state index in [9.17, 15) is 9.59 Å². The van der Waals surface area contributed by atoms with Crippen molar-refractivity contribution < 1.29 is 14.1 Å². The summed E-state index contributed by atoms with van der Waals surface area (Å²) in [6, 6.07) is 16.7. The van der Waals surface area contributed by atoms with Crippen LogP contribution in [0, 0.1) is 0 Å². The third-order valence-electron chi connectivity index (χ3n) is 4.15. The van der Waals surface area contributed by atoms with E-state index in [1.165, 1.54) is 6.92 Å². The summed E-state index contributed by atoms with van der Waals surface area (Å²) < 4.78 is 5.23. The first-order valence-corrected chi connectivity index (χ1v) is 9.06. The summed E-state index contributed by atoms with van der Waals surface area (Å²) in [4.78, 5) is 27.8. The number of nitrogens with zero attached hydrogens (tertiary/aromatic N) is 2. The van der Waals surface area contributed by atoms with E-state index < -0.39 is 0 Å². The van der Waals surface area contributed by atoms with Crippen LogP contribution in [0.1, 0.15) is 37.8 Å². The van der Waals surface area contributed by atoms with Gasteiger partial charge in [-0.3, -0.25) is 9.59 Å². The van der Waals surface area contributed by atoms with Crippen LogP contribution < -0.4 is 10.6 Å². The van der Waals surface area contributed by atoms with Crippen LogP contribution in [0.5, 0.6) is 0 Å². The molecule has 0 fully saturated rings. The van der Waals surface area contributed by atoms with E-state index in [2.05, 4.69) is 20.8 Å². The number of aromatic nitrogens is 2. The lowest BCUT2D eigenvalue weighted by molar-refractivity contribution is -0.121. The minimum Gasteiger partial charge on any atom is -0.350 e. The Morgan fingerprint density at radius 2 is 1.89 bits per heavy atom. The van der Waals surface area contributed by atoms with Gasteiger partial charge in [-0.25, -0.2) is 0 Å². The van der Waals surface area contributed by atoms with E-state index in [4.69, 9.17) is 4.52 Å². The Bertz CT molecular complexity index is 953. The number of rotatable bonds is 7. The highest BCUT2D eigenvalue weighted by Gasteiger charge is 2.13. The third-order valence-corrected chi connectivity index (χ3v) is 4.15. The molecule has 2 amide bonds. The summed E-state index contributed by atoms with van der Waals surface area (Å²) in [5.74, 6) is 0.689. The Balaban J connectivity index is 1.53. The van der Waals surface area contributed by atoms with E-state index >= 15 is 0 Å². The van der Waals surface area contributed by atoms with Crippen molar-refractivity contribution in [1.82, 2.24) is 15.5 Å². The molecule has 144 valence electrons. The molecular formula is C21H22N4O3. The molecule has 2 N–H and O–H groups in total. The standard InChI is InChI=1S/C21H22N4O3/c1-14(17-9-6-10-18(13-17)23-15(2)26)22-19(27)11-12-20-24-21(25-28-20)16-7-4-3-5-8-16/h3-10,13-14H,11-12H2,1-2H3,(H,22,27)(H,23,26). The van der Waals surface area contributed by atoms with E-state index in [-0.39, 0.29) is 24.3 Å². The number of anilines is 1. The Labute approximate surface area is 163 Å². The Hall–Kier alpha value is -3.48. The van der Waals surface area contributed by atoms with Gasteiger partial charge in [-0.1, -0.05) is 47.6 Å². The molecule has 3 rings (SSSR count). The summed E-state index contributed by atoms with van der Waals surface area (Å²) in [6.07, 6.45) is 0.608. The summed E-state index contributed by atoms with van der Waals surface area (Å²) in [6.45, 7) is 3.35. The van der Waals surface area contributed by atoms with Crippen molar-refractivity contribution >= 4 is 17.5 Å². The molecule has 0 aliphatic heterocycles. The second kappa shape index (κ2) is 8.94. The van der Waals surface area contributed by atoms with Crippen molar-refractivity contribution in [3.63, 3.8) is 0 Å². The van der Waals surface area contributed by atoms with Crippen molar-refractivity contribution in [3.8, 4) is 11.4 Å². The topological polar surface area (TPSA) is 97.1 Å². The normalized spacial score (nSPS) is 11.6.